The maximum absolute atomic E-state index is 11.0. The van der Waals surface area contributed by atoms with Crippen LogP contribution in [0.3, 0.4) is 0 Å². The number of benzene rings is 1. The van der Waals surface area contributed by atoms with Gasteiger partial charge in [-0.05, 0) is 12.1 Å². The molecule has 9 heteroatoms. The number of hydrogen-bond donors (Lipinski definition) is 1. The fourth-order valence-electron chi connectivity index (χ4n) is 1.34. The number of rotatable bonds is 4. The molecule has 1 aromatic carbocycles. The lowest BCUT2D eigenvalue weighted by molar-refractivity contribution is -0.387. The number of carbonyl (C=O) groups is 1. The molecule has 2 aromatic rings. The Balaban J connectivity index is 2.47. The van der Waals surface area contributed by atoms with E-state index in [0.29, 0.717) is 14.9 Å². The van der Waals surface area contributed by atoms with Crippen molar-refractivity contribution in [3.05, 3.63) is 49.3 Å². The lowest BCUT2D eigenvalue weighted by Gasteiger charge is -2.04. The van der Waals surface area contributed by atoms with Crippen LogP contribution in [-0.4, -0.2) is 16.0 Å². The van der Waals surface area contributed by atoms with Crippen molar-refractivity contribution in [1.82, 2.24) is 0 Å². The second kappa shape index (κ2) is 6.01. The van der Waals surface area contributed by atoms with Gasteiger partial charge in [-0.3, -0.25) is 10.1 Å². The fraction of sp³-hybridized carbons (Fsp3) is 0. The third-order valence-corrected chi connectivity index (χ3v) is 5.50. The SMILES string of the molecule is O=C(O)c1cc([N+](=O)[O-])c(Sc2c(Cl)cccc2Cl)s1. The molecule has 0 spiro atoms. The van der Waals surface area contributed by atoms with Crippen LogP contribution in [0.5, 0.6) is 0 Å². The minimum absolute atomic E-state index is 0.109. The van der Waals surface area contributed by atoms with E-state index < -0.39 is 10.9 Å². The lowest BCUT2D eigenvalue weighted by Crippen LogP contribution is -1.91. The first-order valence-electron chi connectivity index (χ1n) is 5.03. The first kappa shape index (κ1) is 15.1. The molecule has 5 nitrogen and oxygen atoms in total. The molecule has 1 aromatic heterocycles. The first-order chi connectivity index (χ1) is 9.40. The quantitative estimate of drug-likeness (QED) is 0.632. The number of carboxylic acid groups (broad SMARTS) is 1. The molecule has 0 aliphatic heterocycles. The Hall–Kier alpha value is -1.28. The predicted molar refractivity (Wildman–Crippen MR) is 78.5 cm³/mol. The van der Waals surface area contributed by atoms with Gasteiger partial charge in [0, 0.05) is 6.07 Å². The fourth-order valence-corrected chi connectivity index (χ4v) is 4.11. The Morgan fingerprint density at radius 2 is 1.95 bits per heavy atom. The number of halogens is 2. The molecule has 2 rings (SSSR count). The molecular formula is C11H5Cl2NO4S2. The summed E-state index contributed by atoms with van der Waals surface area (Å²) in [6.45, 7) is 0. The number of nitrogens with zero attached hydrogens (tertiary/aromatic N) is 1. The van der Waals surface area contributed by atoms with Gasteiger partial charge >= 0.3 is 5.97 Å². The van der Waals surface area contributed by atoms with Gasteiger partial charge in [-0.1, -0.05) is 41.0 Å². The molecule has 0 aliphatic carbocycles. The molecule has 1 N–H and O–H groups in total. The average molecular weight is 350 g/mol. The van der Waals surface area contributed by atoms with Crippen molar-refractivity contribution >= 4 is 58.0 Å². The second-order valence-corrected chi connectivity index (χ2v) is 6.64. The molecule has 0 amide bonds. The van der Waals surface area contributed by atoms with Crippen LogP contribution >= 0.6 is 46.3 Å². The minimum Gasteiger partial charge on any atom is -0.477 e. The molecule has 0 atom stereocenters. The summed E-state index contributed by atoms with van der Waals surface area (Å²) in [6, 6.07) is 5.89. The van der Waals surface area contributed by atoms with Crippen LogP contribution < -0.4 is 0 Å². The van der Waals surface area contributed by atoms with E-state index in [4.69, 9.17) is 28.3 Å². The minimum atomic E-state index is -1.21. The highest BCUT2D eigenvalue weighted by Gasteiger charge is 2.24. The second-order valence-electron chi connectivity index (χ2n) is 3.50. The van der Waals surface area contributed by atoms with Crippen molar-refractivity contribution in [3.63, 3.8) is 0 Å². The Morgan fingerprint density at radius 1 is 1.35 bits per heavy atom. The number of thiophene rings is 1. The smallest absolute Gasteiger partial charge is 0.346 e. The Labute approximate surface area is 131 Å². The summed E-state index contributed by atoms with van der Waals surface area (Å²) in [5, 5.41) is 20.6. The summed E-state index contributed by atoms with van der Waals surface area (Å²) >= 11 is 13.8. The van der Waals surface area contributed by atoms with Crippen molar-refractivity contribution in [2.75, 3.05) is 0 Å². The van der Waals surface area contributed by atoms with E-state index >= 15 is 0 Å². The zero-order valence-corrected chi connectivity index (χ0v) is 12.6. The summed E-state index contributed by atoms with van der Waals surface area (Å²) in [5.74, 6) is -1.21. The first-order valence-corrected chi connectivity index (χ1v) is 7.42. The van der Waals surface area contributed by atoms with E-state index in [1.807, 2.05) is 0 Å². The Bertz CT molecular complexity index is 681. The maximum atomic E-state index is 11.0. The highest BCUT2D eigenvalue weighted by atomic mass is 35.5. The molecular weight excluding hydrogens is 345 g/mol. The van der Waals surface area contributed by atoms with Gasteiger partial charge in [0.1, 0.15) is 9.09 Å². The molecule has 1 heterocycles. The van der Waals surface area contributed by atoms with E-state index in [1.165, 1.54) is 0 Å². The molecule has 0 radical (unpaired) electrons. The topological polar surface area (TPSA) is 80.4 Å². The van der Waals surface area contributed by atoms with Crippen molar-refractivity contribution in [2.24, 2.45) is 0 Å². The van der Waals surface area contributed by atoms with Crippen LogP contribution in [0.1, 0.15) is 9.67 Å². The zero-order chi connectivity index (χ0) is 14.9. The lowest BCUT2D eigenvalue weighted by atomic mass is 10.4. The van der Waals surface area contributed by atoms with Crippen molar-refractivity contribution in [1.29, 1.82) is 0 Å². The third-order valence-electron chi connectivity index (χ3n) is 2.20. The molecule has 0 saturated heterocycles. The maximum Gasteiger partial charge on any atom is 0.346 e. The van der Waals surface area contributed by atoms with Crippen LogP contribution in [0.15, 0.2) is 33.4 Å². The Kier molecular flexibility index (Phi) is 4.54. The highest BCUT2D eigenvalue weighted by molar-refractivity contribution is 8.01. The number of carboxylic acids is 1. The monoisotopic (exact) mass is 349 g/mol. The molecule has 0 fully saturated rings. The number of aromatic carboxylic acids is 1. The standard InChI is InChI=1S/C11H5Cl2NO4S2/c12-5-2-1-3-6(13)9(5)20-11-7(14(17)18)4-8(19-11)10(15)16/h1-4H,(H,15,16). The van der Waals surface area contributed by atoms with Gasteiger partial charge < -0.3 is 5.11 Å². The normalized spacial score (nSPS) is 10.5. The van der Waals surface area contributed by atoms with Crippen LogP contribution in [0.25, 0.3) is 0 Å². The summed E-state index contributed by atoms with van der Waals surface area (Å²) in [4.78, 5) is 21.6. The van der Waals surface area contributed by atoms with Gasteiger partial charge in [-0.2, -0.15) is 0 Å². The van der Waals surface area contributed by atoms with E-state index in [-0.39, 0.29) is 14.8 Å². The number of hydrogen-bond acceptors (Lipinski definition) is 5. The Morgan fingerprint density at radius 3 is 2.45 bits per heavy atom. The van der Waals surface area contributed by atoms with E-state index in [0.717, 1.165) is 29.2 Å². The predicted octanol–water partition coefficient (Wildman–Crippen LogP) is 4.81. The van der Waals surface area contributed by atoms with E-state index in [9.17, 15) is 14.9 Å². The van der Waals surface area contributed by atoms with E-state index in [1.54, 1.807) is 18.2 Å². The van der Waals surface area contributed by atoms with Gasteiger partial charge in [0.15, 0.2) is 0 Å². The van der Waals surface area contributed by atoms with Crippen LogP contribution in [-0.2, 0) is 0 Å². The van der Waals surface area contributed by atoms with Crippen molar-refractivity contribution in [2.45, 2.75) is 9.10 Å². The van der Waals surface area contributed by atoms with E-state index in [2.05, 4.69) is 0 Å². The van der Waals surface area contributed by atoms with Crippen LogP contribution in [0.2, 0.25) is 10.0 Å². The van der Waals surface area contributed by atoms with Gasteiger partial charge in [-0.25, -0.2) is 4.79 Å². The van der Waals surface area contributed by atoms with Gasteiger partial charge in [0.2, 0.25) is 0 Å². The van der Waals surface area contributed by atoms with Crippen molar-refractivity contribution in [3.8, 4) is 0 Å². The van der Waals surface area contributed by atoms with Crippen molar-refractivity contribution < 1.29 is 14.8 Å². The molecule has 0 unspecified atom stereocenters. The summed E-state index contributed by atoms with van der Waals surface area (Å²) in [7, 11) is 0. The molecule has 0 bridgehead atoms. The highest BCUT2D eigenvalue weighted by Crippen LogP contribution is 2.45. The average Bonchev–Trinajstić information content (AvgIpc) is 2.78. The molecule has 0 saturated carbocycles. The van der Waals surface area contributed by atoms with Gasteiger partial charge in [0.25, 0.3) is 5.69 Å². The van der Waals surface area contributed by atoms with Crippen LogP contribution in [0, 0.1) is 10.1 Å². The third kappa shape index (κ3) is 3.06. The van der Waals surface area contributed by atoms with Gasteiger partial charge in [0.05, 0.1) is 19.9 Å². The summed E-state index contributed by atoms with van der Waals surface area (Å²) < 4.78 is 0.224. The zero-order valence-electron chi connectivity index (χ0n) is 9.50. The van der Waals surface area contributed by atoms with Crippen LogP contribution in [0.4, 0.5) is 5.69 Å². The summed E-state index contributed by atoms with van der Waals surface area (Å²) in [5.41, 5.74) is -0.270. The largest absolute Gasteiger partial charge is 0.477 e. The molecule has 0 aliphatic rings. The molecule has 20 heavy (non-hydrogen) atoms. The number of nitro groups is 1. The molecule has 104 valence electrons. The van der Waals surface area contributed by atoms with Gasteiger partial charge in [-0.15, -0.1) is 11.3 Å². The summed E-state index contributed by atoms with van der Waals surface area (Å²) in [6.07, 6.45) is 0.